The fraction of sp³-hybridized carbons (Fsp3) is 0.286. The molecule has 1 fully saturated rings. The van der Waals surface area contributed by atoms with E-state index >= 15 is 0 Å². The van der Waals surface area contributed by atoms with E-state index in [9.17, 15) is 4.79 Å². The lowest BCUT2D eigenvalue weighted by Crippen LogP contribution is -2.30. The molecule has 1 unspecified atom stereocenters. The van der Waals surface area contributed by atoms with E-state index in [1.54, 1.807) is 31.4 Å². The lowest BCUT2D eigenvalue weighted by atomic mass is 10.1. The predicted octanol–water partition coefficient (Wildman–Crippen LogP) is 4.03. The molecule has 0 spiro atoms. The number of rotatable bonds is 4. The van der Waals surface area contributed by atoms with Crippen molar-refractivity contribution in [2.75, 3.05) is 13.7 Å². The molecule has 1 aromatic heterocycles. The van der Waals surface area contributed by atoms with Gasteiger partial charge in [-0.2, -0.15) is 4.98 Å². The Morgan fingerprint density at radius 2 is 2.04 bits per heavy atom. The summed E-state index contributed by atoms with van der Waals surface area (Å²) in [5.41, 5.74) is 2.67. The van der Waals surface area contributed by atoms with Gasteiger partial charge in [-0.25, -0.2) is 0 Å². The number of nitrogens with zero attached hydrogens (tertiary/aromatic N) is 3. The van der Waals surface area contributed by atoms with Crippen LogP contribution in [0, 0.1) is 6.92 Å². The Morgan fingerprint density at radius 1 is 1.22 bits per heavy atom. The zero-order chi connectivity index (χ0) is 18.8. The Balaban J connectivity index is 1.57. The number of carbonyl (C=O) groups is 1. The van der Waals surface area contributed by atoms with Crippen molar-refractivity contribution in [1.29, 1.82) is 0 Å². The fourth-order valence-electron chi connectivity index (χ4n) is 3.44. The molecule has 0 aliphatic carbocycles. The van der Waals surface area contributed by atoms with Gasteiger partial charge in [0.15, 0.2) is 0 Å². The average Bonchev–Trinajstić information content (AvgIpc) is 3.37. The third-order valence-electron chi connectivity index (χ3n) is 4.85. The summed E-state index contributed by atoms with van der Waals surface area (Å²) in [6.07, 6.45) is 1.73. The molecule has 27 heavy (non-hydrogen) atoms. The molecule has 1 saturated heterocycles. The number of likely N-dealkylation sites (tertiary alicyclic amines) is 1. The molecule has 3 aromatic rings. The van der Waals surface area contributed by atoms with Gasteiger partial charge in [-0.1, -0.05) is 28.9 Å². The van der Waals surface area contributed by atoms with Crippen molar-refractivity contribution in [3.8, 4) is 17.1 Å². The number of hydrogen-bond acceptors (Lipinski definition) is 5. The highest BCUT2D eigenvalue weighted by atomic mass is 16.5. The second kappa shape index (κ2) is 7.23. The minimum absolute atomic E-state index is 0.0320. The molecule has 138 valence electrons. The summed E-state index contributed by atoms with van der Waals surface area (Å²) in [5.74, 6) is 1.74. The first-order chi connectivity index (χ1) is 13.2. The lowest BCUT2D eigenvalue weighted by Gasteiger charge is -2.22. The minimum atomic E-state index is -0.189. The van der Waals surface area contributed by atoms with Gasteiger partial charge in [0.2, 0.25) is 11.7 Å². The van der Waals surface area contributed by atoms with Gasteiger partial charge < -0.3 is 14.2 Å². The Morgan fingerprint density at radius 3 is 2.78 bits per heavy atom. The smallest absolute Gasteiger partial charge is 0.254 e. The average molecular weight is 363 g/mol. The van der Waals surface area contributed by atoms with Crippen molar-refractivity contribution in [3.05, 3.63) is 65.5 Å². The summed E-state index contributed by atoms with van der Waals surface area (Å²) in [7, 11) is 1.61. The first-order valence-electron chi connectivity index (χ1n) is 9.01. The number of methoxy groups -OCH3 is 1. The Hall–Kier alpha value is -3.15. The van der Waals surface area contributed by atoms with Crippen LogP contribution < -0.4 is 4.74 Å². The van der Waals surface area contributed by atoms with Crippen molar-refractivity contribution in [2.45, 2.75) is 25.8 Å². The normalized spacial score (nSPS) is 16.5. The van der Waals surface area contributed by atoms with Gasteiger partial charge in [0.25, 0.3) is 5.91 Å². The van der Waals surface area contributed by atoms with Crippen LogP contribution >= 0.6 is 0 Å². The maximum Gasteiger partial charge on any atom is 0.254 e. The molecule has 1 aliphatic rings. The van der Waals surface area contributed by atoms with Crippen molar-refractivity contribution in [2.24, 2.45) is 0 Å². The molecule has 1 amide bonds. The second-order valence-electron chi connectivity index (χ2n) is 6.71. The number of amides is 1. The third kappa shape index (κ3) is 3.43. The summed E-state index contributed by atoms with van der Waals surface area (Å²) in [4.78, 5) is 19.3. The number of aromatic nitrogens is 2. The zero-order valence-corrected chi connectivity index (χ0v) is 15.4. The van der Waals surface area contributed by atoms with Gasteiger partial charge in [-0.15, -0.1) is 0 Å². The SMILES string of the molecule is COc1ccc(C(=O)N2CCCC2c2nc(-c3cccc(C)c3)no2)cc1. The lowest BCUT2D eigenvalue weighted by molar-refractivity contribution is 0.0710. The van der Waals surface area contributed by atoms with E-state index in [0.717, 1.165) is 29.7 Å². The number of benzene rings is 2. The number of aryl methyl sites for hydroxylation is 1. The van der Waals surface area contributed by atoms with E-state index in [0.29, 0.717) is 23.8 Å². The molecule has 0 bridgehead atoms. The van der Waals surface area contributed by atoms with Crippen LogP contribution in [0.3, 0.4) is 0 Å². The number of hydrogen-bond donors (Lipinski definition) is 0. The highest BCUT2D eigenvalue weighted by molar-refractivity contribution is 5.94. The summed E-state index contributed by atoms with van der Waals surface area (Å²) in [6.45, 7) is 2.70. The van der Waals surface area contributed by atoms with Gasteiger partial charge >= 0.3 is 0 Å². The molecule has 1 atom stereocenters. The Bertz CT molecular complexity index is 949. The quantitative estimate of drug-likeness (QED) is 0.700. The summed E-state index contributed by atoms with van der Waals surface area (Å²) < 4.78 is 10.7. The molecule has 1 aliphatic heterocycles. The molecule has 0 N–H and O–H groups in total. The van der Waals surface area contributed by atoms with E-state index in [1.807, 2.05) is 36.1 Å². The van der Waals surface area contributed by atoms with Crippen molar-refractivity contribution >= 4 is 5.91 Å². The minimum Gasteiger partial charge on any atom is -0.497 e. The zero-order valence-electron chi connectivity index (χ0n) is 15.4. The summed E-state index contributed by atoms with van der Waals surface area (Å²) in [6, 6.07) is 14.9. The first kappa shape index (κ1) is 17.3. The van der Waals surface area contributed by atoms with Crippen LogP contribution in [0.2, 0.25) is 0 Å². The van der Waals surface area contributed by atoms with Crippen LogP contribution in [0.1, 0.15) is 40.7 Å². The van der Waals surface area contributed by atoms with E-state index in [2.05, 4.69) is 10.1 Å². The van der Waals surface area contributed by atoms with Gasteiger partial charge in [0, 0.05) is 17.7 Å². The van der Waals surface area contributed by atoms with Gasteiger partial charge in [0.05, 0.1) is 7.11 Å². The van der Waals surface area contributed by atoms with Crippen LogP contribution in [0.15, 0.2) is 53.1 Å². The molecule has 6 heteroatoms. The maximum absolute atomic E-state index is 12.9. The van der Waals surface area contributed by atoms with E-state index < -0.39 is 0 Å². The van der Waals surface area contributed by atoms with Crippen LogP contribution in [-0.4, -0.2) is 34.6 Å². The topological polar surface area (TPSA) is 68.5 Å². The van der Waals surface area contributed by atoms with Gasteiger partial charge in [-0.05, 0) is 50.1 Å². The fourth-order valence-corrected chi connectivity index (χ4v) is 3.44. The first-order valence-corrected chi connectivity index (χ1v) is 9.01. The van der Waals surface area contributed by atoms with E-state index in [4.69, 9.17) is 9.26 Å². The maximum atomic E-state index is 12.9. The standard InChI is InChI=1S/C21H21N3O3/c1-14-5-3-6-16(13-14)19-22-20(27-23-19)18-7-4-12-24(18)21(25)15-8-10-17(26-2)11-9-15/h3,5-6,8-11,13,18H,4,7,12H2,1-2H3. The second-order valence-corrected chi connectivity index (χ2v) is 6.71. The molecular weight excluding hydrogens is 342 g/mol. The molecular formula is C21H21N3O3. The van der Waals surface area contributed by atoms with Gasteiger partial charge in [-0.3, -0.25) is 4.79 Å². The van der Waals surface area contributed by atoms with Crippen molar-refractivity contribution < 1.29 is 14.1 Å². The monoisotopic (exact) mass is 363 g/mol. The molecule has 0 radical (unpaired) electrons. The van der Waals surface area contributed by atoms with E-state index in [1.165, 1.54) is 0 Å². The molecule has 2 aromatic carbocycles. The summed E-state index contributed by atoms with van der Waals surface area (Å²) in [5, 5.41) is 4.12. The van der Waals surface area contributed by atoms with Crippen LogP contribution in [0.5, 0.6) is 5.75 Å². The van der Waals surface area contributed by atoms with Crippen molar-refractivity contribution in [1.82, 2.24) is 15.0 Å². The van der Waals surface area contributed by atoms with Crippen LogP contribution in [0.4, 0.5) is 0 Å². The van der Waals surface area contributed by atoms with Crippen molar-refractivity contribution in [3.63, 3.8) is 0 Å². The highest BCUT2D eigenvalue weighted by Gasteiger charge is 2.34. The highest BCUT2D eigenvalue weighted by Crippen LogP contribution is 2.33. The number of ether oxygens (including phenoxy) is 1. The predicted molar refractivity (Wildman–Crippen MR) is 100 cm³/mol. The Kier molecular flexibility index (Phi) is 4.62. The molecule has 4 rings (SSSR count). The van der Waals surface area contributed by atoms with Crippen LogP contribution in [0.25, 0.3) is 11.4 Å². The number of carbonyl (C=O) groups excluding carboxylic acids is 1. The van der Waals surface area contributed by atoms with Crippen LogP contribution in [-0.2, 0) is 0 Å². The summed E-state index contributed by atoms with van der Waals surface area (Å²) >= 11 is 0. The molecule has 2 heterocycles. The molecule has 0 saturated carbocycles. The van der Waals surface area contributed by atoms with E-state index in [-0.39, 0.29) is 11.9 Å². The Labute approximate surface area is 157 Å². The van der Waals surface area contributed by atoms with Gasteiger partial charge in [0.1, 0.15) is 11.8 Å². The third-order valence-corrected chi connectivity index (χ3v) is 4.85. The molecule has 6 nitrogen and oxygen atoms in total. The largest absolute Gasteiger partial charge is 0.497 e.